The van der Waals surface area contributed by atoms with Gasteiger partial charge in [0.05, 0.1) is 36.1 Å². The van der Waals surface area contributed by atoms with Crippen LogP contribution in [0.2, 0.25) is 0 Å². The highest BCUT2D eigenvalue weighted by molar-refractivity contribution is 6.00. The van der Waals surface area contributed by atoms with Gasteiger partial charge in [0.2, 0.25) is 5.91 Å². The second kappa shape index (κ2) is 13.1. The van der Waals surface area contributed by atoms with Crippen molar-refractivity contribution in [3.8, 4) is 5.75 Å². The molecule has 3 aliphatic rings. The first-order valence-corrected chi connectivity index (χ1v) is 14.9. The molecule has 1 aromatic carbocycles. The van der Waals surface area contributed by atoms with Gasteiger partial charge in [-0.2, -0.15) is 0 Å². The van der Waals surface area contributed by atoms with Crippen molar-refractivity contribution in [3.63, 3.8) is 0 Å². The minimum atomic E-state index is -0.738. The molecule has 0 unspecified atom stereocenters. The van der Waals surface area contributed by atoms with E-state index in [1.165, 1.54) is 0 Å². The molecule has 2 saturated heterocycles. The van der Waals surface area contributed by atoms with Crippen LogP contribution in [-0.2, 0) is 16.1 Å². The summed E-state index contributed by atoms with van der Waals surface area (Å²) in [6, 6.07) is 5.92. The van der Waals surface area contributed by atoms with E-state index in [0.717, 1.165) is 23.4 Å². The van der Waals surface area contributed by atoms with Gasteiger partial charge >= 0.3 is 6.03 Å². The molecule has 0 radical (unpaired) electrons. The Hall–Kier alpha value is -3.64. The molecule has 3 aliphatic heterocycles. The summed E-state index contributed by atoms with van der Waals surface area (Å²) < 4.78 is 17.9. The molecular weight excluding hydrogens is 540 g/mol. The molecule has 0 aliphatic carbocycles. The van der Waals surface area contributed by atoms with Gasteiger partial charge in [-0.15, -0.1) is 0 Å². The summed E-state index contributed by atoms with van der Waals surface area (Å²) >= 11 is 0. The van der Waals surface area contributed by atoms with Crippen LogP contribution in [0.4, 0.5) is 4.79 Å². The Bertz CT molecular complexity index is 1260. The topological polar surface area (TPSA) is 138 Å². The van der Waals surface area contributed by atoms with Crippen LogP contribution in [-0.4, -0.2) is 95.9 Å². The van der Waals surface area contributed by atoms with Crippen molar-refractivity contribution in [3.05, 3.63) is 46.8 Å². The van der Waals surface area contributed by atoms with Gasteiger partial charge in [-0.05, 0) is 52.7 Å². The smallest absolute Gasteiger partial charge is 0.315 e. The Balaban J connectivity index is 1.39. The molecule has 0 saturated carbocycles. The van der Waals surface area contributed by atoms with Crippen molar-refractivity contribution < 1.29 is 28.4 Å². The van der Waals surface area contributed by atoms with Crippen LogP contribution in [0.1, 0.15) is 60.5 Å². The molecule has 4 heterocycles. The Morgan fingerprint density at radius 3 is 2.71 bits per heavy atom. The highest BCUT2D eigenvalue weighted by Crippen LogP contribution is 2.27. The molecule has 5 rings (SSSR count). The Labute approximate surface area is 246 Å². The molecule has 42 heavy (non-hydrogen) atoms. The molecule has 3 N–H and O–H groups in total. The van der Waals surface area contributed by atoms with E-state index in [1.807, 2.05) is 39.8 Å². The number of hydrogen-bond acceptors (Lipinski definition) is 8. The van der Waals surface area contributed by atoms with E-state index < -0.39 is 12.1 Å². The predicted molar refractivity (Wildman–Crippen MR) is 154 cm³/mol. The largest absolute Gasteiger partial charge is 0.493 e. The fourth-order valence-corrected chi connectivity index (χ4v) is 5.95. The van der Waals surface area contributed by atoms with Crippen molar-refractivity contribution in [2.24, 2.45) is 0 Å². The summed E-state index contributed by atoms with van der Waals surface area (Å²) in [5, 5.41) is 13.0. The highest BCUT2D eigenvalue weighted by Gasteiger charge is 2.39. The number of ether oxygens (including phenoxy) is 2. The van der Waals surface area contributed by atoms with Gasteiger partial charge in [-0.3, -0.25) is 14.5 Å². The second-order valence-electron chi connectivity index (χ2n) is 11.7. The summed E-state index contributed by atoms with van der Waals surface area (Å²) in [5.74, 6) is 0.741. The third-order valence-corrected chi connectivity index (χ3v) is 8.24. The van der Waals surface area contributed by atoms with E-state index in [0.29, 0.717) is 56.9 Å². The van der Waals surface area contributed by atoms with Crippen molar-refractivity contribution in [1.82, 2.24) is 30.9 Å². The first-order valence-electron chi connectivity index (χ1n) is 14.9. The molecule has 1 aromatic heterocycles. The maximum absolute atomic E-state index is 13.9. The number of nitrogens with zero attached hydrogens (tertiary/aromatic N) is 3. The number of benzene rings is 1. The fourth-order valence-electron chi connectivity index (χ4n) is 5.95. The molecule has 228 valence electrons. The average molecular weight is 583 g/mol. The number of aryl methyl sites for hydroxylation is 2. The number of rotatable bonds is 4. The lowest BCUT2D eigenvalue weighted by atomic mass is 9.96. The normalized spacial score (nSPS) is 25.5. The van der Waals surface area contributed by atoms with Crippen molar-refractivity contribution >= 4 is 17.8 Å². The quantitative estimate of drug-likeness (QED) is 0.499. The number of carbonyl (C=O) groups excluding carboxylic acids is 3. The van der Waals surface area contributed by atoms with Gasteiger partial charge in [-0.1, -0.05) is 17.3 Å². The van der Waals surface area contributed by atoms with Crippen molar-refractivity contribution in [1.29, 1.82) is 0 Å². The van der Waals surface area contributed by atoms with E-state index in [2.05, 4.69) is 26.0 Å². The molecule has 4 atom stereocenters. The van der Waals surface area contributed by atoms with Crippen LogP contribution < -0.4 is 20.7 Å². The molecule has 12 nitrogen and oxygen atoms in total. The minimum absolute atomic E-state index is 0.00541. The summed E-state index contributed by atoms with van der Waals surface area (Å²) in [4.78, 5) is 44.1. The van der Waals surface area contributed by atoms with Crippen molar-refractivity contribution in [2.75, 3.05) is 32.8 Å². The molecular formula is C30H42N6O6. The van der Waals surface area contributed by atoms with Crippen LogP contribution in [0.15, 0.2) is 28.8 Å². The maximum Gasteiger partial charge on any atom is 0.315 e. The molecule has 0 spiro atoms. The van der Waals surface area contributed by atoms with E-state index in [1.54, 1.807) is 17.0 Å². The zero-order valence-electron chi connectivity index (χ0n) is 24.9. The standard InChI is InChI=1S/C30H42N6O6/c1-18(2)32-30(39)33-24-10-9-21-11-14-40-26-8-6-5-7-22(26)29(38)36-13-12-35(16-23-19(3)34-42-20(23)4)17-25(36)28(37)31-15-27(24)41-21/h5-8,18,21,24-25,27H,9-17H2,1-4H3,(H,31,37)(H2,32,33,39)/t21-,24+,25-,27+/m0/s1. The number of piperazine rings is 1. The Morgan fingerprint density at radius 2 is 1.95 bits per heavy atom. The van der Waals surface area contributed by atoms with Gasteiger partial charge in [0.1, 0.15) is 17.6 Å². The van der Waals surface area contributed by atoms with E-state index in [-0.39, 0.29) is 42.6 Å². The lowest BCUT2D eigenvalue weighted by Gasteiger charge is -2.42. The molecule has 4 amide bonds. The van der Waals surface area contributed by atoms with Crippen LogP contribution in [0.25, 0.3) is 0 Å². The van der Waals surface area contributed by atoms with Gasteiger partial charge in [0, 0.05) is 50.7 Å². The first kappa shape index (κ1) is 29.8. The fraction of sp³-hybridized carbons (Fsp3) is 0.600. The zero-order chi connectivity index (χ0) is 29.8. The number of hydrogen-bond donors (Lipinski definition) is 3. The number of para-hydroxylation sites is 1. The van der Waals surface area contributed by atoms with Gasteiger partial charge in [0.15, 0.2) is 0 Å². The molecule has 12 heteroatoms. The third kappa shape index (κ3) is 6.87. The summed E-state index contributed by atoms with van der Waals surface area (Å²) in [7, 11) is 0. The number of nitrogens with one attached hydrogen (secondary N) is 3. The highest BCUT2D eigenvalue weighted by atomic mass is 16.5. The maximum atomic E-state index is 13.9. The number of aromatic nitrogens is 1. The summed E-state index contributed by atoms with van der Waals surface area (Å²) in [6.45, 7) is 10.1. The van der Waals surface area contributed by atoms with Gasteiger partial charge < -0.3 is 34.8 Å². The Kier molecular flexibility index (Phi) is 9.32. The average Bonchev–Trinajstić information content (AvgIpc) is 3.28. The third-order valence-electron chi connectivity index (χ3n) is 8.24. The van der Waals surface area contributed by atoms with Gasteiger partial charge in [-0.25, -0.2) is 4.79 Å². The second-order valence-corrected chi connectivity index (χ2v) is 11.7. The molecule has 2 fully saturated rings. The number of urea groups is 1. The van der Waals surface area contributed by atoms with Crippen LogP contribution in [0, 0.1) is 13.8 Å². The minimum Gasteiger partial charge on any atom is -0.493 e. The van der Waals surface area contributed by atoms with Crippen LogP contribution in [0.5, 0.6) is 5.75 Å². The van der Waals surface area contributed by atoms with E-state index >= 15 is 0 Å². The monoisotopic (exact) mass is 582 g/mol. The van der Waals surface area contributed by atoms with Crippen molar-refractivity contribution in [2.45, 2.75) is 83.8 Å². The number of fused-ring (bicyclic) bond motifs is 4. The van der Waals surface area contributed by atoms with Gasteiger partial charge in [0.25, 0.3) is 5.91 Å². The molecule has 2 aromatic rings. The van der Waals surface area contributed by atoms with Crippen LogP contribution in [0.3, 0.4) is 0 Å². The van der Waals surface area contributed by atoms with E-state index in [4.69, 9.17) is 14.0 Å². The SMILES string of the molecule is Cc1noc(C)c1CN1CCN2C(=O)c3ccccc3OCC[C@@H]3CC[C@@H](NC(=O)NC(C)C)[C@@H](CNC(=O)[C@@H]2C1)O3. The zero-order valence-corrected chi connectivity index (χ0v) is 24.9. The first-order chi connectivity index (χ1) is 20.2. The number of carbonyl (C=O) groups is 3. The van der Waals surface area contributed by atoms with Crippen LogP contribution >= 0.6 is 0 Å². The Morgan fingerprint density at radius 1 is 1.14 bits per heavy atom. The lowest BCUT2D eigenvalue weighted by Crippen LogP contribution is -2.62. The summed E-state index contributed by atoms with van der Waals surface area (Å²) in [6.07, 6.45) is 1.56. The summed E-state index contributed by atoms with van der Waals surface area (Å²) in [5.41, 5.74) is 2.25. The lowest BCUT2D eigenvalue weighted by molar-refractivity contribution is -0.130. The molecule has 2 bridgehead atoms. The van der Waals surface area contributed by atoms with E-state index in [9.17, 15) is 14.4 Å². The predicted octanol–water partition coefficient (Wildman–Crippen LogP) is 2.14. The number of amides is 4.